The zero-order chi connectivity index (χ0) is 10.5. The molecule has 4 heteroatoms. The molecule has 2 saturated carbocycles. The highest BCUT2D eigenvalue weighted by Crippen LogP contribution is 2.68. The fourth-order valence-corrected chi connectivity index (χ4v) is 6.00. The van der Waals surface area contributed by atoms with Crippen molar-refractivity contribution in [2.45, 2.75) is 43.9 Å². The van der Waals surface area contributed by atoms with Crippen LogP contribution in [0.3, 0.4) is 0 Å². The van der Waals surface area contributed by atoms with Crippen LogP contribution in [0, 0.1) is 6.92 Å². The van der Waals surface area contributed by atoms with Crippen LogP contribution in [0.15, 0.2) is 12.3 Å². The monoisotopic (exact) mass is 222 g/mol. The van der Waals surface area contributed by atoms with Crippen LogP contribution >= 0.6 is 7.14 Å². The molecule has 3 rings (SSSR count). The molecule has 0 atom stereocenters. The first-order valence-electron chi connectivity index (χ1n) is 5.61. The lowest BCUT2D eigenvalue weighted by Crippen LogP contribution is -2.17. The second kappa shape index (κ2) is 3.15. The van der Waals surface area contributed by atoms with Crippen molar-refractivity contribution in [2.24, 2.45) is 0 Å². The molecule has 2 fully saturated rings. The van der Waals surface area contributed by atoms with Gasteiger partial charge in [0.25, 0.3) is 0 Å². The lowest BCUT2D eigenvalue weighted by Gasteiger charge is -2.16. The molecule has 15 heavy (non-hydrogen) atoms. The highest BCUT2D eigenvalue weighted by atomic mass is 31.2. The summed E-state index contributed by atoms with van der Waals surface area (Å²) in [6.07, 6.45) is 6.29. The van der Waals surface area contributed by atoms with E-state index < -0.39 is 7.14 Å². The molecule has 3 nitrogen and oxygen atoms in total. The van der Waals surface area contributed by atoms with E-state index in [0.29, 0.717) is 11.3 Å². The molecule has 0 spiro atoms. The summed E-state index contributed by atoms with van der Waals surface area (Å²) in [5, 5.41) is 0. The van der Waals surface area contributed by atoms with Gasteiger partial charge in [0.2, 0.25) is 0 Å². The van der Waals surface area contributed by atoms with Crippen LogP contribution < -0.4 is 5.44 Å². The summed E-state index contributed by atoms with van der Waals surface area (Å²) in [5.74, 6) is 0.744. The number of hydrogen-bond donors (Lipinski definition) is 0. The molecule has 0 radical (unpaired) electrons. The van der Waals surface area contributed by atoms with Crippen LogP contribution in [-0.2, 0) is 4.57 Å². The summed E-state index contributed by atoms with van der Waals surface area (Å²) in [5.41, 5.74) is 1.73. The molecular weight excluding hydrogens is 207 g/mol. The third kappa shape index (κ3) is 1.53. The molecule has 0 aromatic carbocycles. The largest absolute Gasteiger partial charge is 0.316 e. The average molecular weight is 222 g/mol. The van der Waals surface area contributed by atoms with Crippen molar-refractivity contribution in [2.75, 3.05) is 0 Å². The van der Waals surface area contributed by atoms with E-state index >= 15 is 0 Å². The Balaban J connectivity index is 2.05. The number of hydrogen-bond acceptors (Lipinski definition) is 3. The topological polar surface area (TPSA) is 42.9 Å². The third-order valence-corrected chi connectivity index (χ3v) is 7.47. The van der Waals surface area contributed by atoms with Crippen LogP contribution in [0.5, 0.6) is 0 Å². The second-order valence-electron chi connectivity index (χ2n) is 4.63. The van der Waals surface area contributed by atoms with Gasteiger partial charge in [-0.05, 0) is 38.7 Å². The van der Waals surface area contributed by atoms with Gasteiger partial charge >= 0.3 is 0 Å². The standard InChI is InChI=1S/C11H15N2OP/c1-8-12-7-6-11(13-8)15(14,9-2-3-9)10-4-5-10/h6-7,9-10H,2-5H2,1H3. The molecule has 0 aliphatic heterocycles. The van der Waals surface area contributed by atoms with Crippen molar-refractivity contribution in [3.05, 3.63) is 18.1 Å². The summed E-state index contributed by atoms with van der Waals surface area (Å²) >= 11 is 0. The van der Waals surface area contributed by atoms with Crippen molar-refractivity contribution in [3.8, 4) is 0 Å². The van der Waals surface area contributed by atoms with Gasteiger partial charge in [-0.15, -0.1) is 0 Å². The number of rotatable bonds is 3. The number of aromatic nitrogens is 2. The number of nitrogens with zero attached hydrogens (tertiary/aromatic N) is 2. The Labute approximate surface area is 89.7 Å². The van der Waals surface area contributed by atoms with Gasteiger partial charge in [0, 0.05) is 17.5 Å². The average Bonchev–Trinajstić information content (AvgIpc) is 3.04. The highest BCUT2D eigenvalue weighted by Gasteiger charge is 2.52. The van der Waals surface area contributed by atoms with E-state index in [-0.39, 0.29) is 0 Å². The van der Waals surface area contributed by atoms with Gasteiger partial charge in [-0.1, -0.05) is 0 Å². The molecule has 0 bridgehead atoms. The second-order valence-corrected chi connectivity index (χ2v) is 7.97. The zero-order valence-corrected chi connectivity index (χ0v) is 9.78. The molecule has 1 heterocycles. The van der Waals surface area contributed by atoms with Gasteiger partial charge in [0.15, 0.2) is 0 Å². The lowest BCUT2D eigenvalue weighted by atomic mass is 10.6. The van der Waals surface area contributed by atoms with Gasteiger partial charge in [0.1, 0.15) is 18.4 Å². The van der Waals surface area contributed by atoms with Crippen LogP contribution in [0.4, 0.5) is 0 Å². The third-order valence-electron chi connectivity index (χ3n) is 3.30. The molecule has 0 saturated heterocycles. The molecule has 0 amide bonds. The normalized spacial score (nSPS) is 21.7. The Hall–Kier alpha value is -0.690. The zero-order valence-electron chi connectivity index (χ0n) is 8.89. The van der Waals surface area contributed by atoms with E-state index in [1.165, 1.54) is 0 Å². The van der Waals surface area contributed by atoms with E-state index in [4.69, 9.17) is 0 Å². The summed E-state index contributed by atoms with van der Waals surface area (Å²) in [4.78, 5) is 8.47. The predicted octanol–water partition coefficient (Wildman–Crippen LogP) is 2.10. The van der Waals surface area contributed by atoms with E-state index in [0.717, 1.165) is 36.9 Å². The first-order chi connectivity index (χ1) is 7.21. The van der Waals surface area contributed by atoms with E-state index in [2.05, 4.69) is 9.97 Å². The van der Waals surface area contributed by atoms with E-state index in [1.54, 1.807) is 6.20 Å². The molecule has 1 aromatic rings. The first kappa shape index (κ1) is 9.53. The summed E-state index contributed by atoms with van der Waals surface area (Å²) < 4.78 is 13.0. The van der Waals surface area contributed by atoms with Crippen LogP contribution in [0.2, 0.25) is 0 Å². The number of aryl methyl sites for hydroxylation is 1. The fraction of sp³-hybridized carbons (Fsp3) is 0.636. The van der Waals surface area contributed by atoms with Crippen molar-refractivity contribution in [1.82, 2.24) is 9.97 Å². The molecule has 2 aliphatic carbocycles. The van der Waals surface area contributed by atoms with Gasteiger partial charge in [-0.3, -0.25) is 0 Å². The van der Waals surface area contributed by atoms with Crippen molar-refractivity contribution in [3.63, 3.8) is 0 Å². The molecule has 1 aromatic heterocycles. The lowest BCUT2D eigenvalue weighted by molar-refractivity contribution is 0.578. The minimum atomic E-state index is -2.17. The maximum Gasteiger partial charge on any atom is 0.139 e. The van der Waals surface area contributed by atoms with E-state index in [1.807, 2.05) is 13.0 Å². The highest BCUT2D eigenvalue weighted by molar-refractivity contribution is 7.73. The van der Waals surface area contributed by atoms with Crippen molar-refractivity contribution in [1.29, 1.82) is 0 Å². The van der Waals surface area contributed by atoms with Crippen molar-refractivity contribution < 1.29 is 4.57 Å². The molecule has 80 valence electrons. The SMILES string of the molecule is Cc1nccc(P(=O)(C2CC2)C2CC2)n1. The molecule has 0 unspecified atom stereocenters. The fourth-order valence-electron chi connectivity index (χ4n) is 2.23. The first-order valence-corrected chi connectivity index (χ1v) is 7.45. The van der Waals surface area contributed by atoms with Crippen LogP contribution in [-0.4, -0.2) is 21.3 Å². The Morgan fingerprint density at radius 2 is 1.87 bits per heavy atom. The van der Waals surface area contributed by atoms with E-state index in [9.17, 15) is 4.57 Å². The summed E-state index contributed by atoms with van der Waals surface area (Å²) in [7, 11) is -2.17. The smallest absolute Gasteiger partial charge is 0.139 e. The van der Waals surface area contributed by atoms with Gasteiger partial charge in [-0.25, -0.2) is 9.97 Å². The molecule has 0 N–H and O–H groups in total. The Morgan fingerprint density at radius 3 is 2.33 bits per heavy atom. The minimum Gasteiger partial charge on any atom is -0.316 e. The summed E-state index contributed by atoms with van der Waals surface area (Å²) in [6.45, 7) is 1.87. The molecule has 2 aliphatic rings. The Bertz CT molecular complexity index is 422. The quantitative estimate of drug-likeness (QED) is 0.735. The van der Waals surface area contributed by atoms with Crippen LogP contribution in [0.1, 0.15) is 31.5 Å². The molecular formula is C11H15N2OP. The Kier molecular flexibility index (Phi) is 2.00. The predicted molar refractivity (Wildman–Crippen MR) is 60.1 cm³/mol. The maximum absolute atomic E-state index is 13.0. The van der Waals surface area contributed by atoms with Gasteiger partial charge in [0.05, 0.1) is 0 Å². The minimum absolute atomic E-state index is 0.444. The van der Waals surface area contributed by atoms with Gasteiger partial charge in [-0.2, -0.15) is 0 Å². The Morgan fingerprint density at radius 1 is 1.27 bits per heavy atom. The van der Waals surface area contributed by atoms with Gasteiger partial charge < -0.3 is 4.57 Å². The van der Waals surface area contributed by atoms with Crippen LogP contribution in [0.25, 0.3) is 0 Å². The maximum atomic E-state index is 13.0. The van der Waals surface area contributed by atoms with Crippen molar-refractivity contribution >= 4 is 12.6 Å². The summed E-state index contributed by atoms with van der Waals surface area (Å²) in [6, 6.07) is 1.87.